The number of hydrogen-bond acceptors (Lipinski definition) is 4. The molecule has 0 bridgehead atoms. The lowest BCUT2D eigenvalue weighted by Crippen LogP contribution is -2.46. The molecule has 1 aromatic rings. The predicted octanol–water partition coefficient (Wildman–Crippen LogP) is 1.25. The Balaban J connectivity index is 1.96. The molecule has 0 spiro atoms. The number of benzene rings is 1. The van der Waals surface area contributed by atoms with Crippen LogP contribution in [0.25, 0.3) is 0 Å². The second-order valence-electron chi connectivity index (χ2n) is 5.69. The molecule has 0 amide bonds. The van der Waals surface area contributed by atoms with Gasteiger partial charge in [-0.05, 0) is 44.0 Å². The molecule has 1 heterocycles. The van der Waals surface area contributed by atoms with Crippen LogP contribution in [0, 0.1) is 0 Å². The highest BCUT2D eigenvalue weighted by Gasteiger charge is 2.35. The summed E-state index contributed by atoms with van der Waals surface area (Å²) in [4.78, 5) is 0. The first-order valence-corrected chi connectivity index (χ1v) is 7.38. The Labute approximate surface area is 121 Å². The molecule has 0 saturated carbocycles. The van der Waals surface area contributed by atoms with E-state index in [1.165, 1.54) is 11.1 Å². The van der Waals surface area contributed by atoms with Crippen molar-refractivity contribution in [1.29, 1.82) is 0 Å². The van der Waals surface area contributed by atoms with Crippen LogP contribution in [-0.4, -0.2) is 44.1 Å². The van der Waals surface area contributed by atoms with Crippen LogP contribution in [0.15, 0.2) is 24.3 Å². The maximum Gasteiger partial charge on any atom is 0.0825 e. The van der Waals surface area contributed by atoms with Crippen LogP contribution < -0.4 is 10.6 Å². The van der Waals surface area contributed by atoms with E-state index < -0.39 is 5.60 Å². The highest BCUT2D eigenvalue weighted by molar-refractivity contribution is 5.34. The second-order valence-corrected chi connectivity index (χ2v) is 5.69. The number of methoxy groups -OCH3 is 1. The summed E-state index contributed by atoms with van der Waals surface area (Å²) >= 11 is 0. The summed E-state index contributed by atoms with van der Waals surface area (Å²) in [6, 6.07) is 8.42. The van der Waals surface area contributed by atoms with Gasteiger partial charge in [-0.15, -0.1) is 0 Å². The van der Waals surface area contributed by atoms with Crippen LogP contribution in [0.3, 0.4) is 0 Å². The SMILES string of the molecule is COCCNCCC(C)(O)C1NCCc2ccccc21. The topological polar surface area (TPSA) is 53.5 Å². The van der Waals surface area contributed by atoms with Crippen LogP contribution >= 0.6 is 0 Å². The van der Waals surface area contributed by atoms with Gasteiger partial charge in [0.1, 0.15) is 0 Å². The first-order chi connectivity index (χ1) is 9.65. The summed E-state index contributed by atoms with van der Waals surface area (Å²) in [7, 11) is 1.70. The molecule has 0 saturated heterocycles. The molecule has 2 rings (SSSR count). The molecular formula is C16H26N2O2. The third kappa shape index (κ3) is 3.79. The Hall–Kier alpha value is -0.940. The zero-order valence-electron chi connectivity index (χ0n) is 12.5. The van der Waals surface area contributed by atoms with Gasteiger partial charge in [-0.3, -0.25) is 0 Å². The lowest BCUT2D eigenvalue weighted by atomic mass is 9.82. The molecule has 1 aliphatic heterocycles. The summed E-state index contributed by atoms with van der Waals surface area (Å²) in [5.74, 6) is 0. The molecule has 20 heavy (non-hydrogen) atoms. The van der Waals surface area contributed by atoms with Gasteiger partial charge < -0.3 is 20.5 Å². The summed E-state index contributed by atoms with van der Waals surface area (Å²) in [6.07, 6.45) is 1.75. The van der Waals surface area contributed by atoms with E-state index >= 15 is 0 Å². The number of hydrogen-bond donors (Lipinski definition) is 3. The molecule has 0 aliphatic carbocycles. The molecule has 0 aromatic heterocycles. The molecule has 2 atom stereocenters. The first-order valence-electron chi connectivity index (χ1n) is 7.38. The number of rotatable bonds is 7. The van der Waals surface area contributed by atoms with E-state index in [1.807, 2.05) is 13.0 Å². The van der Waals surface area contributed by atoms with E-state index in [9.17, 15) is 5.11 Å². The largest absolute Gasteiger partial charge is 0.388 e. The normalized spacial score (nSPS) is 21.2. The van der Waals surface area contributed by atoms with E-state index in [-0.39, 0.29) is 6.04 Å². The van der Waals surface area contributed by atoms with E-state index in [4.69, 9.17) is 4.74 Å². The van der Waals surface area contributed by atoms with E-state index in [0.29, 0.717) is 13.0 Å². The van der Waals surface area contributed by atoms with Gasteiger partial charge in [-0.1, -0.05) is 24.3 Å². The van der Waals surface area contributed by atoms with Gasteiger partial charge in [-0.25, -0.2) is 0 Å². The van der Waals surface area contributed by atoms with Gasteiger partial charge in [0.15, 0.2) is 0 Å². The van der Waals surface area contributed by atoms with Crippen molar-refractivity contribution in [3.63, 3.8) is 0 Å². The van der Waals surface area contributed by atoms with Gasteiger partial charge in [0.2, 0.25) is 0 Å². The predicted molar refractivity (Wildman–Crippen MR) is 80.9 cm³/mol. The van der Waals surface area contributed by atoms with Crippen molar-refractivity contribution in [1.82, 2.24) is 10.6 Å². The highest BCUT2D eigenvalue weighted by atomic mass is 16.5. The summed E-state index contributed by atoms with van der Waals surface area (Å²) < 4.78 is 5.00. The molecule has 112 valence electrons. The van der Waals surface area contributed by atoms with Gasteiger partial charge in [-0.2, -0.15) is 0 Å². The minimum absolute atomic E-state index is 0.0108. The fourth-order valence-electron chi connectivity index (χ4n) is 2.84. The summed E-state index contributed by atoms with van der Waals surface area (Å²) in [6.45, 7) is 5.16. The minimum atomic E-state index is -0.753. The van der Waals surface area contributed by atoms with Crippen molar-refractivity contribution in [2.45, 2.75) is 31.4 Å². The van der Waals surface area contributed by atoms with Crippen molar-refractivity contribution < 1.29 is 9.84 Å². The van der Waals surface area contributed by atoms with Crippen molar-refractivity contribution >= 4 is 0 Å². The molecule has 2 unspecified atom stereocenters. The number of ether oxygens (including phenoxy) is 1. The van der Waals surface area contributed by atoms with E-state index in [2.05, 4.69) is 28.8 Å². The van der Waals surface area contributed by atoms with Crippen LogP contribution in [0.5, 0.6) is 0 Å². The van der Waals surface area contributed by atoms with Crippen LogP contribution in [-0.2, 0) is 11.2 Å². The van der Waals surface area contributed by atoms with Gasteiger partial charge in [0.05, 0.1) is 18.2 Å². The maximum absolute atomic E-state index is 10.8. The highest BCUT2D eigenvalue weighted by Crippen LogP contribution is 2.33. The number of nitrogens with one attached hydrogen (secondary N) is 2. The Kier molecular flexibility index (Phi) is 5.54. The number of fused-ring (bicyclic) bond motifs is 1. The third-order valence-corrected chi connectivity index (χ3v) is 4.02. The molecule has 1 aliphatic rings. The standard InChI is InChI=1S/C16H26N2O2/c1-16(19,8-10-17-11-12-20-2)15-14-6-4-3-5-13(14)7-9-18-15/h3-6,15,17-19H,7-12H2,1-2H3. The maximum atomic E-state index is 10.8. The zero-order valence-corrected chi connectivity index (χ0v) is 12.5. The Morgan fingerprint density at radius 1 is 1.40 bits per heavy atom. The Morgan fingerprint density at radius 3 is 3.00 bits per heavy atom. The van der Waals surface area contributed by atoms with Crippen LogP contribution in [0.2, 0.25) is 0 Å². The fourth-order valence-corrected chi connectivity index (χ4v) is 2.84. The monoisotopic (exact) mass is 278 g/mol. The molecule has 0 radical (unpaired) electrons. The zero-order chi connectivity index (χ0) is 14.4. The van der Waals surface area contributed by atoms with E-state index in [1.54, 1.807) is 7.11 Å². The Morgan fingerprint density at radius 2 is 2.20 bits per heavy atom. The summed E-state index contributed by atoms with van der Waals surface area (Å²) in [5, 5.41) is 17.6. The summed E-state index contributed by atoms with van der Waals surface area (Å²) in [5.41, 5.74) is 1.83. The van der Waals surface area contributed by atoms with Gasteiger partial charge >= 0.3 is 0 Å². The average Bonchev–Trinajstić information content (AvgIpc) is 2.46. The van der Waals surface area contributed by atoms with Crippen LogP contribution in [0.4, 0.5) is 0 Å². The molecule has 4 nitrogen and oxygen atoms in total. The molecule has 0 fully saturated rings. The second kappa shape index (κ2) is 7.18. The first kappa shape index (κ1) is 15.4. The van der Waals surface area contributed by atoms with Crippen LogP contribution in [0.1, 0.15) is 30.5 Å². The molecule has 1 aromatic carbocycles. The molecule has 4 heteroatoms. The van der Waals surface area contributed by atoms with Gasteiger partial charge in [0, 0.05) is 13.7 Å². The molecular weight excluding hydrogens is 252 g/mol. The number of aliphatic hydroxyl groups is 1. The van der Waals surface area contributed by atoms with Crippen molar-refractivity contribution in [3.05, 3.63) is 35.4 Å². The minimum Gasteiger partial charge on any atom is -0.388 e. The van der Waals surface area contributed by atoms with Crippen molar-refractivity contribution in [2.75, 3.05) is 33.4 Å². The van der Waals surface area contributed by atoms with Gasteiger partial charge in [0.25, 0.3) is 0 Å². The smallest absolute Gasteiger partial charge is 0.0825 e. The molecule has 3 N–H and O–H groups in total. The van der Waals surface area contributed by atoms with E-state index in [0.717, 1.165) is 26.1 Å². The third-order valence-electron chi connectivity index (χ3n) is 4.02. The fraction of sp³-hybridized carbons (Fsp3) is 0.625. The quantitative estimate of drug-likeness (QED) is 0.657. The van der Waals surface area contributed by atoms with Crippen molar-refractivity contribution in [3.8, 4) is 0 Å². The average molecular weight is 278 g/mol. The van der Waals surface area contributed by atoms with Crippen molar-refractivity contribution in [2.24, 2.45) is 0 Å². The Bertz CT molecular complexity index is 421. The lowest BCUT2D eigenvalue weighted by molar-refractivity contribution is 0.00829. The lowest BCUT2D eigenvalue weighted by Gasteiger charge is -2.38.